The van der Waals surface area contributed by atoms with Gasteiger partial charge in [-0.05, 0) is 12.0 Å². The predicted octanol–water partition coefficient (Wildman–Crippen LogP) is 1.31. The summed E-state index contributed by atoms with van der Waals surface area (Å²) < 4.78 is 5.55. The molecule has 1 N–H and O–H groups in total. The average Bonchev–Trinajstić information content (AvgIpc) is 3.12. The van der Waals surface area contributed by atoms with E-state index in [2.05, 4.69) is 0 Å². The number of ether oxygens (including phenoxy) is 1. The van der Waals surface area contributed by atoms with Gasteiger partial charge < -0.3 is 19.6 Å². The Morgan fingerprint density at radius 3 is 2.74 bits per heavy atom. The highest BCUT2D eigenvalue weighted by Crippen LogP contribution is 2.34. The lowest BCUT2D eigenvalue weighted by molar-refractivity contribution is -0.142. The fraction of sp³-hybridized carbons (Fsp3) is 0.529. The van der Waals surface area contributed by atoms with Gasteiger partial charge in [-0.1, -0.05) is 30.3 Å². The van der Waals surface area contributed by atoms with Gasteiger partial charge in [-0.15, -0.1) is 0 Å². The lowest BCUT2D eigenvalue weighted by atomic mass is 9.93. The minimum Gasteiger partial charge on any atom is -0.481 e. The van der Waals surface area contributed by atoms with E-state index in [1.807, 2.05) is 30.3 Å². The van der Waals surface area contributed by atoms with Crippen LogP contribution in [0.4, 0.5) is 4.79 Å². The van der Waals surface area contributed by atoms with Gasteiger partial charge in [0.05, 0.1) is 18.6 Å². The number of amides is 2. The van der Waals surface area contributed by atoms with Crippen molar-refractivity contribution in [2.75, 3.05) is 33.3 Å². The van der Waals surface area contributed by atoms with E-state index in [1.54, 1.807) is 16.8 Å². The second kappa shape index (κ2) is 6.58. The standard InChI is InChI=1S/C17H22N2O4/c1-18(8-7-12-5-3-2-4-6-12)17(22)19-9-13-14(16(20)21)11-23-15(13)10-19/h2-6,13-15H,7-11H2,1H3,(H,20,21)/t13-,14-,15-/m0/s1. The Morgan fingerprint density at radius 2 is 2.04 bits per heavy atom. The molecule has 2 fully saturated rings. The van der Waals surface area contributed by atoms with Gasteiger partial charge in [-0.2, -0.15) is 0 Å². The van der Waals surface area contributed by atoms with E-state index < -0.39 is 11.9 Å². The monoisotopic (exact) mass is 318 g/mol. The van der Waals surface area contributed by atoms with Crippen molar-refractivity contribution in [3.63, 3.8) is 0 Å². The number of urea groups is 1. The molecular formula is C17H22N2O4. The molecule has 0 radical (unpaired) electrons. The van der Waals surface area contributed by atoms with Crippen LogP contribution in [0.3, 0.4) is 0 Å². The molecule has 0 spiro atoms. The van der Waals surface area contributed by atoms with Gasteiger partial charge in [0.1, 0.15) is 0 Å². The van der Waals surface area contributed by atoms with Gasteiger partial charge in [-0.25, -0.2) is 4.79 Å². The Bertz CT molecular complexity index is 577. The molecule has 2 aliphatic heterocycles. The van der Waals surface area contributed by atoms with Crippen LogP contribution in [0.25, 0.3) is 0 Å². The summed E-state index contributed by atoms with van der Waals surface area (Å²) in [5.41, 5.74) is 1.19. The number of benzene rings is 1. The summed E-state index contributed by atoms with van der Waals surface area (Å²) in [6, 6.07) is 9.99. The third kappa shape index (κ3) is 3.32. The molecule has 6 nitrogen and oxygen atoms in total. The van der Waals surface area contributed by atoms with Gasteiger partial charge in [-0.3, -0.25) is 4.79 Å². The highest BCUT2D eigenvalue weighted by Gasteiger charge is 2.48. The normalized spacial score (nSPS) is 26.1. The van der Waals surface area contributed by atoms with Gasteiger partial charge >= 0.3 is 12.0 Å². The topological polar surface area (TPSA) is 70.1 Å². The Balaban J connectivity index is 1.53. The summed E-state index contributed by atoms with van der Waals surface area (Å²) in [7, 11) is 1.79. The molecule has 2 heterocycles. The van der Waals surface area contributed by atoms with Crippen LogP contribution < -0.4 is 0 Å². The predicted molar refractivity (Wildman–Crippen MR) is 84.1 cm³/mol. The first-order valence-electron chi connectivity index (χ1n) is 7.94. The first-order valence-corrected chi connectivity index (χ1v) is 7.94. The van der Waals surface area contributed by atoms with Crippen molar-refractivity contribution in [2.24, 2.45) is 11.8 Å². The summed E-state index contributed by atoms with van der Waals surface area (Å²) in [6.45, 7) is 1.85. The molecule has 3 atom stereocenters. The number of nitrogens with zero attached hydrogens (tertiary/aromatic N) is 2. The number of carboxylic acid groups (broad SMARTS) is 1. The molecule has 124 valence electrons. The van der Waals surface area contributed by atoms with Crippen LogP contribution in [0.5, 0.6) is 0 Å². The van der Waals surface area contributed by atoms with Crippen LogP contribution in [0.15, 0.2) is 30.3 Å². The third-order valence-corrected chi connectivity index (χ3v) is 4.81. The van der Waals surface area contributed by atoms with Crippen molar-refractivity contribution in [1.29, 1.82) is 0 Å². The van der Waals surface area contributed by atoms with Gasteiger partial charge in [0.15, 0.2) is 0 Å². The van der Waals surface area contributed by atoms with E-state index in [0.29, 0.717) is 19.6 Å². The molecule has 23 heavy (non-hydrogen) atoms. The Labute approximate surface area is 135 Å². The highest BCUT2D eigenvalue weighted by molar-refractivity contribution is 5.75. The summed E-state index contributed by atoms with van der Waals surface area (Å²) in [5, 5.41) is 9.21. The van der Waals surface area contributed by atoms with Crippen molar-refractivity contribution in [3.05, 3.63) is 35.9 Å². The van der Waals surface area contributed by atoms with Gasteiger partial charge in [0.25, 0.3) is 0 Å². The van der Waals surface area contributed by atoms with E-state index in [4.69, 9.17) is 4.74 Å². The fourth-order valence-corrected chi connectivity index (χ4v) is 3.40. The Kier molecular flexibility index (Phi) is 4.52. The minimum absolute atomic E-state index is 0.0527. The second-order valence-corrected chi connectivity index (χ2v) is 6.33. The zero-order valence-electron chi connectivity index (χ0n) is 13.2. The zero-order valence-corrected chi connectivity index (χ0v) is 13.2. The zero-order chi connectivity index (χ0) is 16.4. The molecule has 6 heteroatoms. The number of carbonyl (C=O) groups excluding carboxylic acids is 1. The number of carboxylic acids is 1. The fourth-order valence-electron chi connectivity index (χ4n) is 3.40. The molecule has 2 amide bonds. The maximum absolute atomic E-state index is 12.5. The Morgan fingerprint density at radius 1 is 1.30 bits per heavy atom. The van der Waals surface area contributed by atoms with Crippen LogP contribution in [0, 0.1) is 11.8 Å². The smallest absolute Gasteiger partial charge is 0.319 e. The first kappa shape index (κ1) is 15.8. The molecule has 3 rings (SSSR count). The summed E-state index contributed by atoms with van der Waals surface area (Å²) in [4.78, 5) is 27.2. The number of hydrogen-bond donors (Lipinski definition) is 1. The molecule has 1 aromatic carbocycles. The summed E-state index contributed by atoms with van der Waals surface area (Å²) in [6.07, 6.45) is 0.667. The molecule has 0 aromatic heterocycles. The van der Waals surface area contributed by atoms with E-state index >= 15 is 0 Å². The van der Waals surface area contributed by atoms with E-state index in [1.165, 1.54) is 5.56 Å². The molecule has 2 aliphatic rings. The maximum atomic E-state index is 12.5. The van der Waals surface area contributed by atoms with E-state index in [9.17, 15) is 14.7 Å². The molecule has 2 saturated heterocycles. The molecule has 1 aromatic rings. The van der Waals surface area contributed by atoms with Crippen LogP contribution in [-0.4, -0.2) is 66.3 Å². The second-order valence-electron chi connectivity index (χ2n) is 6.33. The van der Waals surface area contributed by atoms with Crippen LogP contribution in [0.2, 0.25) is 0 Å². The lowest BCUT2D eigenvalue weighted by Crippen LogP contribution is -2.42. The number of carbonyl (C=O) groups is 2. The van der Waals surface area contributed by atoms with E-state index in [-0.39, 0.29) is 24.7 Å². The van der Waals surface area contributed by atoms with Crippen molar-refractivity contribution in [1.82, 2.24) is 9.80 Å². The number of likely N-dealkylation sites (N-methyl/N-ethyl adjacent to an activating group) is 1. The number of likely N-dealkylation sites (tertiary alicyclic amines) is 1. The third-order valence-electron chi connectivity index (χ3n) is 4.81. The molecular weight excluding hydrogens is 296 g/mol. The first-order chi connectivity index (χ1) is 11.1. The van der Waals surface area contributed by atoms with Gasteiger partial charge in [0.2, 0.25) is 0 Å². The SMILES string of the molecule is CN(CCc1ccccc1)C(=O)N1C[C@@H]2[C@H](C1)OC[C@@H]2C(=O)O. The summed E-state index contributed by atoms with van der Waals surface area (Å²) >= 11 is 0. The van der Waals surface area contributed by atoms with Crippen LogP contribution >= 0.6 is 0 Å². The Hall–Kier alpha value is -2.08. The molecule has 0 aliphatic carbocycles. The quantitative estimate of drug-likeness (QED) is 0.909. The van der Waals surface area contributed by atoms with Gasteiger partial charge in [0, 0.05) is 32.6 Å². The van der Waals surface area contributed by atoms with Crippen LogP contribution in [-0.2, 0) is 16.0 Å². The van der Waals surface area contributed by atoms with E-state index in [0.717, 1.165) is 6.42 Å². The van der Waals surface area contributed by atoms with Crippen molar-refractivity contribution in [2.45, 2.75) is 12.5 Å². The number of aliphatic carboxylic acids is 1. The minimum atomic E-state index is -0.829. The van der Waals surface area contributed by atoms with Crippen molar-refractivity contribution >= 4 is 12.0 Å². The maximum Gasteiger partial charge on any atom is 0.319 e. The largest absolute Gasteiger partial charge is 0.481 e. The highest BCUT2D eigenvalue weighted by atomic mass is 16.5. The molecule has 0 saturated carbocycles. The number of fused-ring (bicyclic) bond motifs is 1. The van der Waals surface area contributed by atoms with Crippen molar-refractivity contribution < 1.29 is 19.4 Å². The summed E-state index contributed by atoms with van der Waals surface area (Å²) in [5.74, 6) is -1.41. The number of hydrogen-bond acceptors (Lipinski definition) is 3. The lowest BCUT2D eigenvalue weighted by Gasteiger charge is -2.25. The van der Waals surface area contributed by atoms with Crippen LogP contribution in [0.1, 0.15) is 5.56 Å². The average molecular weight is 318 g/mol. The number of rotatable bonds is 4. The van der Waals surface area contributed by atoms with Crippen molar-refractivity contribution in [3.8, 4) is 0 Å². The molecule has 0 bridgehead atoms. The molecule has 0 unspecified atom stereocenters.